The second-order valence-electron chi connectivity index (χ2n) is 6.86. The number of halogens is 1. The number of rotatable bonds is 6. The van der Waals surface area contributed by atoms with Crippen LogP contribution in [-0.4, -0.2) is 52.5 Å². The van der Waals surface area contributed by atoms with Crippen LogP contribution in [-0.2, 0) is 4.74 Å². The van der Waals surface area contributed by atoms with Gasteiger partial charge in [-0.25, -0.2) is 4.98 Å². The molecule has 1 atom stereocenters. The fourth-order valence-corrected chi connectivity index (χ4v) is 3.99. The highest BCUT2D eigenvalue weighted by atomic mass is 35.5. The van der Waals surface area contributed by atoms with Crippen LogP contribution >= 0.6 is 22.9 Å². The van der Waals surface area contributed by atoms with Crippen LogP contribution in [0.1, 0.15) is 28.9 Å². The smallest absolute Gasteiger partial charge is 0.296 e. The van der Waals surface area contributed by atoms with Gasteiger partial charge in [-0.2, -0.15) is 0 Å². The molecule has 31 heavy (non-hydrogen) atoms. The van der Waals surface area contributed by atoms with Crippen LogP contribution in [0.4, 0.5) is 5.13 Å². The summed E-state index contributed by atoms with van der Waals surface area (Å²) in [4.78, 5) is 21.3. The second kappa shape index (κ2) is 9.54. The van der Waals surface area contributed by atoms with Crippen molar-refractivity contribution >= 4 is 34.0 Å². The van der Waals surface area contributed by atoms with E-state index in [2.05, 4.69) is 25.5 Å². The number of nitrogens with zero attached hydrogens (tertiary/aromatic N) is 4. The molecular formula is C20H20ClN5O4S. The fraction of sp³-hybridized carbons (Fsp3) is 0.350. The van der Waals surface area contributed by atoms with E-state index in [0.717, 1.165) is 36.5 Å². The molecule has 0 aromatic carbocycles. The van der Waals surface area contributed by atoms with Gasteiger partial charge < -0.3 is 14.2 Å². The third-order valence-corrected chi connectivity index (χ3v) is 5.58. The zero-order valence-corrected chi connectivity index (χ0v) is 18.5. The van der Waals surface area contributed by atoms with Gasteiger partial charge in [0, 0.05) is 29.6 Å². The molecule has 0 saturated carbocycles. The normalized spacial score (nSPS) is 16.0. The monoisotopic (exact) mass is 461 g/mol. The number of hydrogen-bond donors (Lipinski definition) is 1. The topological polar surface area (TPSA) is 108 Å². The Hall–Kier alpha value is -2.82. The maximum Gasteiger partial charge on any atom is 0.296 e. The molecule has 0 bridgehead atoms. The number of aryl methyl sites for hydroxylation is 1. The molecule has 1 amide bonds. The van der Waals surface area contributed by atoms with Gasteiger partial charge in [-0.15, -0.1) is 5.10 Å². The summed E-state index contributed by atoms with van der Waals surface area (Å²) in [7, 11) is 1.53. The van der Waals surface area contributed by atoms with Crippen LogP contribution in [0.15, 0.2) is 24.5 Å². The van der Waals surface area contributed by atoms with Crippen LogP contribution in [0.2, 0.25) is 5.15 Å². The molecule has 11 heteroatoms. The van der Waals surface area contributed by atoms with E-state index in [1.807, 2.05) is 6.92 Å². The third-order valence-electron chi connectivity index (χ3n) is 4.64. The van der Waals surface area contributed by atoms with Crippen molar-refractivity contribution in [3.8, 4) is 22.1 Å². The fourth-order valence-electron chi connectivity index (χ4n) is 3.17. The van der Waals surface area contributed by atoms with E-state index in [0.29, 0.717) is 39.4 Å². The summed E-state index contributed by atoms with van der Waals surface area (Å²) in [6, 6.07) is 3.44. The molecule has 4 rings (SSSR count). The van der Waals surface area contributed by atoms with Crippen molar-refractivity contribution in [2.75, 3.05) is 25.6 Å². The summed E-state index contributed by atoms with van der Waals surface area (Å²) in [5, 5.41) is 11.8. The van der Waals surface area contributed by atoms with Crippen LogP contribution in [0, 0.1) is 6.92 Å². The lowest BCUT2D eigenvalue weighted by Gasteiger charge is -2.21. The Morgan fingerprint density at radius 1 is 1.26 bits per heavy atom. The summed E-state index contributed by atoms with van der Waals surface area (Å²) in [6.45, 7) is 3.11. The van der Waals surface area contributed by atoms with Crippen LogP contribution in [0.3, 0.4) is 0 Å². The van der Waals surface area contributed by atoms with Gasteiger partial charge in [-0.05, 0) is 43.2 Å². The molecular weight excluding hydrogens is 442 g/mol. The average Bonchev–Trinajstić information content (AvgIpc) is 3.20. The molecule has 3 aromatic heterocycles. The van der Waals surface area contributed by atoms with E-state index >= 15 is 0 Å². The van der Waals surface area contributed by atoms with Gasteiger partial charge in [0.25, 0.3) is 11.1 Å². The van der Waals surface area contributed by atoms with Crippen molar-refractivity contribution in [2.45, 2.75) is 25.9 Å². The number of anilines is 1. The average molecular weight is 462 g/mol. The minimum Gasteiger partial charge on any atom is -0.494 e. The number of methoxy groups -OCH3 is 1. The van der Waals surface area contributed by atoms with Gasteiger partial charge in [0.05, 0.1) is 25.5 Å². The molecule has 1 saturated heterocycles. The van der Waals surface area contributed by atoms with E-state index in [4.69, 9.17) is 25.8 Å². The number of ether oxygens (including phenoxy) is 3. The minimum absolute atomic E-state index is 0.0537. The van der Waals surface area contributed by atoms with Gasteiger partial charge in [0.2, 0.25) is 5.13 Å². The van der Waals surface area contributed by atoms with Gasteiger partial charge >= 0.3 is 0 Å². The lowest BCUT2D eigenvalue weighted by atomic mass is 10.0. The van der Waals surface area contributed by atoms with Crippen LogP contribution in [0.25, 0.3) is 11.1 Å². The van der Waals surface area contributed by atoms with E-state index in [9.17, 15) is 4.79 Å². The van der Waals surface area contributed by atoms with E-state index in [1.165, 1.54) is 19.5 Å². The summed E-state index contributed by atoms with van der Waals surface area (Å²) < 4.78 is 16.6. The molecule has 0 unspecified atom stereocenters. The lowest BCUT2D eigenvalue weighted by Crippen LogP contribution is -2.27. The van der Waals surface area contributed by atoms with Gasteiger partial charge in [-0.3, -0.25) is 15.1 Å². The SMILES string of the molecule is COc1cnc(Cl)cc1-c1cc(C)ncc1C(=O)Nc1nnc(O[C@@H]2CCCOC2)s1. The number of nitrogens with one attached hydrogen (secondary N) is 1. The number of pyridine rings is 2. The summed E-state index contributed by atoms with van der Waals surface area (Å²) in [5.41, 5.74) is 2.33. The van der Waals surface area contributed by atoms with E-state index in [-0.39, 0.29) is 17.2 Å². The molecule has 9 nitrogen and oxygen atoms in total. The Morgan fingerprint density at radius 2 is 2.13 bits per heavy atom. The molecule has 0 radical (unpaired) electrons. The minimum atomic E-state index is -0.388. The molecule has 1 N–H and O–H groups in total. The first kappa shape index (κ1) is 21.4. The maximum atomic E-state index is 13.0. The number of aromatic nitrogens is 4. The summed E-state index contributed by atoms with van der Waals surface area (Å²) >= 11 is 7.24. The highest BCUT2D eigenvalue weighted by Crippen LogP contribution is 2.34. The third kappa shape index (κ3) is 5.09. The first-order chi connectivity index (χ1) is 15.0. The Balaban J connectivity index is 1.57. The van der Waals surface area contributed by atoms with Crippen LogP contribution in [0.5, 0.6) is 10.9 Å². The number of carbonyl (C=O) groups excluding carboxylic acids is 1. The zero-order chi connectivity index (χ0) is 21.8. The van der Waals surface area contributed by atoms with Gasteiger partial charge in [0.15, 0.2) is 0 Å². The predicted molar refractivity (Wildman–Crippen MR) is 116 cm³/mol. The quantitative estimate of drug-likeness (QED) is 0.552. The molecule has 1 aliphatic heterocycles. The molecule has 1 fully saturated rings. The predicted octanol–water partition coefficient (Wildman–Crippen LogP) is 3.78. The highest BCUT2D eigenvalue weighted by Gasteiger charge is 2.21. The Labute approximate surface area is 187 Å². The summed E-state index contributed by atoms with van der Waals surface area (Å²) in [5.74, 6) is 0.103. The van der Waals surface area contributed by atoms with Crippen molar-refractivity contribution in [3.63, 3.8) is 0 Å². The van der Waals surface area contributed by atoms with E-state index < -0.39 is 0 Å². The van der Waals surface area contributed by atoms with Crippen molar-refractivity contribution in [2.24, 2.45) is 0 Å². The molecule has 1 aliphatic rings. The first-order valence-electron chi connectivity index (χ1n) is 9.59. The number of carbonyl (C=O) groups is 1. The summed E-state index contributed by atoms with van der Waals surface area (Å²) in [6.07, 6.45) is 4.81. The maximum absolute atomic E-state index is 13.0. The van der Waals surface area contributed by atoms with Gasteiger partial charge in [0.1, 0.15) is 17.0 Å². The molecule has 162 valence electrons. The molecule has 4 heterocycles. The van der Waals surface area contributed by atoms with Crippen LogP contribution < -0.4 is 14.8 Å². The largest absolute Gasteiger partial charge is 0.494 e. The van der Waals surface area contributed by atoms with Gasteiger partial charge in [-0.1, -0.05) is 16.7 Å². The van der Waals surface area contributed by atoms with E-state index in [1.54, 1.807) is 12.1 Å². The lowest BCUT2D eigenvalue weighted by molar-refractivity contribution is 0.00706. The Kier molecular flexibility index (Phi) is 6.59. The molecule has 0 aliphatic carbocycles. The number of amides is 1. The number of hydrogen-bond acceptors (Lipinski definition) is 9. The molecule has 0 spiro atoms. The van der Waals surface area contributed by atoms with Crippen molar-refractivity contribution in [3.05, 3.63) is 40.9 Å². The van der Waals surface area contributed by atoms with Crippen molar-refractivity contribution in [1.82, 2.24) is 20.2 Å². The highest BCUT2D eigenvalue weighted by molar-refractivity contribution is 7.17. The Bertz CT molecular complexity index is 1090. The standard InChI is InChI=1S/C20H20ClN5O4S/c1-11-6-13(14-7-17(21)23-9-16(14)28-2)15(8-22-11)18(27)24-19-25-26-20(31-19)30-12-4-3-5-29-10-12/h6-9,12H,3-5,10H2,1-2H3,(H,24,25,27)/t12-/m1/s1. The first-order valence-corrected chi connectivity index (χ1v) is 10.8. The van der Waals surface area contributed by atoms with Crippen molar-refractivity contribution < 1.29 is 19.0 Å². The second-order valence-corrected chi connectivity index (χ2v) is 8.19. The molecule has 3 aromatic rings. The Morgan fingerprint density at radius 3 is 2.90 bits per heavy atom. The van der Waals surface area contributed by atoms with Crippen molar-refractivity contribution in [1.29, 1.82) is 0 Å². The zero-order valence-electron chi connectivity index (χ0n) is 16.9.